The number of rotatable bonds is 3. The first-order chi connectivity index (χ1) is 5.13. The van der Waals surface area contributed by atoms with E-state index in [1.165, 1.54) is 14.2 Å². The number of nitrogens with zero attached hydrogens (tertiary/aromatic N) is 1. The van der Waals surface area contributed by atoms with Crippen molar-refractivity contribution in [1.82, 2.24) is 0 Å². The average molecular weight is 158 g/mol. The Morgan fingerprint density at radius 1 is 1.73 bits per heavy atom. The second-order valence-electron chi connectivity index (χ2n) is 1.67. The van der Waals surface area contributed by atoms with Crippen molar-refractivity contribution in [3.8, 4) is 0 Å². The van der Waals surface area contributed by atoms with Crippen molar-refractivity contribution in [2.45, 2.75) is 0 Å². The molecule has 0 saturated heterocycles. The predicted molar refractivity (Wildman–Crippen MR) is 40.3 cm³/mol. The van der Waals surface area contributed by atoms with E-state index in [2.05, 4.69) is 9.73 Å². The minimum absolute atomic E-state index is 0.144. The number of ether oxygens (including phenoxy) is 1. The number of methoxy groups -OCH3 is 1. The Morgan fingerprint density at radius 2 is 2.27 bits per heavy atom. The third kappa shape index (κ3) is 2.70. The third-order valence-corrected chi connectivity index (χ3v) is 0.974. The van der Waals surface area contributed by atoms with E-state index in [0.717, 1.165) is 6.21 Å². The molecule has 62 valence electrons. The fourth-order valence-corrected chi connectivity index (χ4v) is 0.463. The fourth-order valence-electron chi connectivity index (χ4n) is 0.463. The average Bonchev–Trinajstić information content (AvgIpc) is 1.98. The fraction of sp³-hybridized carbons (Fsp3) is 0.333. The van der Waals surface area contributed by atoms with Gasteiger partial charge in [0, 0.05) is 13.3 Å². The second kappa shape index (κ2) is 4.32. The van der Waals surface area contributed by atoms with Crippen LogP contribution in [0.25, 0.3) is 0 Å². The quantitative estimate of drug-likeness (QED) is 0.332. The molecule has 0 aromatic carbocycles. The van der Waals surface area contributed by atoms with Crippen molar-refractivity contribution in [1.29, 1.82) is 0 Å². The highest BCUT2D eigenvalue weighted by Gasteiger charge is 2.09. The van der Waals surface area contributed by atoms with Crippen molar-refractivity contribution in [2.24, 2.45) is 10.7 Å². The van der Waals surface area contributed by atoms with Crippen LogP contribution in [-0.2, 0) is 9.53 Å². The molecule has 0 aliphatic rings. The van der Waals surface area contributed by atoms with Gasteiger partial charge in [0.2, 0.25) is 0 Å². The molecular weight excluding hydrogens is 148 g/mol. The minimum Gasteiger partial charge on any atom is -0.482 e. The lowest BCUT2D eigenvalue weighted by molar-refractivity contribution is -0.132. The number of aliphatic imine (C=N–C) groups is 1. The van der Waals surface area contributed by atoms with Crippen LogP contribution in [0.5, 0.6) is 0 Å². The summed E-state index contributed by atoms with van der Waals surface area (Å²) in [5, 5.41) is 8.50. The first-order valence-electron chi connectivity index (χ1n) is 2.82. The number of aliphatic carboxylic acids is 1. The van der Waals surface area contributed by atoms with Crippen LogP contribution in [0.4, 0.5) is 0 Å². The largest absolute Gasteiger partial charge is 0.482 e. The van der Waals surface area contributed by atoms with Crippen LogP contribution in [0.3, 0.4) is 0 Å². The number of hydrogen-bond donors (Lipinski definition) is 2. The molecular formula is C6H10N2O3. The SMILES string of the molecule is CN=CC(C(=O)O)=C(N)OC. The van der Waals surface area contributed by atoms with Crippen LogP contribution in [0, 0.1) is 0 Å². The Morgan fingerprint density at radius 3 is 2.55 bits per heavy atom. The monoisotopic (exact) mass is 158 g/mol. The van der Waals surface area contributed by atoms with Gasteiger partial charge in [-0.25, -0.2) is 4.79 Å². The molecule has 11 heavy (non-hydrogen) atoms. The third-order valence-electron chi connectivity index (χ3n) is 0.974. The molecule has 0 atom stereocenters. The van der Waals surface area contributed by atoms with Crippen molar-refractivity contribution in [3.05, 3.63) is 11.5 Å². The summed E-state index contributed by atoms with van der Waals surface area (Å²) < 4.78 is 4.51. The number of nitrogens with two attached hydrogens (primary N) is 1. The van der Waals surface area contributed by atoms with E-state index in [-0.39, 0.29) is 11.5 Å². The van der Waals surface area contributed by atoms with Crippen molar-refractivity contribution in [3.63, 3.8) is 0 Å². The highest BCUT2D eigenvalue weighted by atomic mass is 16.5. The molecule has 0 rings (SSSR count). The zero-order valence-corrected chi connectivity index (χ0v) is 6.37. The maximum Gasteiger partial charge on any atom is 0.342 e. The minimum atomic E-state index is -1.16. The van der Waals surface area contributed by atoms with Crippen molar-refractivity contribution in [2.75, 3.05) is 14.2 Å². The molecule has 0 spiro atoms. The molecule has 0 aliphatic carbocycles. The standard InChI is InChI=1S/C6H10N2O3/c1-8-3-4(6(9)10)5(7)11-2/h3H,7H2,1-2H3,(H,9,10). The van der Waals surface area contributed by atoms with Gasteiger partial charge < -0.3 is 15.6 Å². The van der Waals surface area contributed by atoms with Crippen molar-refractivity contribution < 1.29 is 14.6 Å². The number of hydrogen-bond acceptors (Lipinski definition) is 4. The zero-order valence-electron chi connectivity index (χ0n) is 6.37. The van der Waals surface area contributed by atoms with E-state index in [1.807, 2.05) is 0 Å². The summed E-state index contributed by atoms with van der Waals surface area (Å²) in [6, 6.07) is 0. The predicted octanol–water partition coefficient (Wildman–Crippen LogP) is -0.412. The Bertz CT molecular complexity index is 208. The summed E-state index contributed by atoms with van der Waals surface area (Å²) >= 11 is 0. The zero-order chi connectivity index (χ0) is 8.85. The maximum atomic E-state index is 10.4. The molecule has 0 radical (unpaired) electrons. The Balaban J connectivity index is 4.72. The van der Waals surface area contributed by atoms with Crippen LogP contribution in [0.15, 0.2) is 16.4 Å². The molecule has 0 fully saturated rings. The highest BCUT2D eigenvalue weighted by Crippen LogP contribution is 1.96. The molecule has 0 unspecified atom stereocenters. The summed E-state index contributed by atoms with van der Waals surface area (Å²) in [6.45, 7) is 0. The summed E-state index contributed by atoms with van der Waals surface area (Å²) in [6.07, 6.45) is 1.13. The van der Waals surface area contributed by atoms with Gasteiger partial charge in [0.05, 0.1) is 7.11 Å². The summed E-state index contributed by atoms with van der Waals surface area (Å²) in [7, 11) is 2.74. The molecule has 3 N–H and O–H groups in total. The van der Waals surface area contributed by atoms with E-state index in [0.29, 0.717) is 0 Å². The highest BCUT2D eigenvalue weighted by molar-refractivity contribution is 6.08. The molecule has 5 nitrogen and oxygen atoms in total. The first kappa shape index (κ1) is 9.48. The lowest BCUT2D eigenvalue weighted by atomic mass is 10.3. The van der Waals surface area contributed by atoms with E-state index in [9.17, 15) is 4.79 Å². The smallest absolute Gasteiger partial charge is 0.342 e. The first-order valence-corrected chi connectivity index (χ1v) is 2.82. The van der Waals surface area contributed by atoms with Gasteiger partial charge in [-0.15, -0.1) is 0 Å². The second-order valence-corrected chi connectivity index (χ2v) is 1.67. The van der Waals surface area contributed by atoms with Gasteiger partial charge in [0.1, 0.15) is 5.57 Å². The van der Waals surface area contributed by atoms with Crippen LogP contribution < -0.4 is 5.73 Å². The number of carboxylic acids is 1. The van der Waals surface area contributed by atoms with Crippen LogP contribution in [0.1, 0.15) is 0 Å². The van der Waals surface area contributed by atoms with Gasteiger partial charge in [0.15, 0.2) is 5.88 Å². The molecule has 0 bridgehead atoms. The summed E-state index contributed by atoms with van der Waals surface area (Å²) in [5.41, 5.74) is 5.05. The van der Waals surface area contributed by atoms with Gasteiger partial charge in [-0.3, -0.25) is 4.99 Å². The number of carboxylic acid groups (broad SMARTS) is 1. The molecule has 0 heterocycles. The lowest BCUT2D eigenvalue weighted by Gasteiger charge is -2.00. The Labute approximate surface area is 64.2 Å². The van der Waals surface area contributed by atoms with Crippen molar-refractivity contribution >= 4 is 12.2 Å². The Kier molecular flexibility index (Phi) is 3.72. The Hall–Kier alpha value is -1.52. The molecule has 5 heteroatoms. The molecule has 0 aromatic rings. The van der Waals surface area contributed by atoms with Crippen LogP contribution in [-0.4, -0.2) is 31.4 Å². The van der Waals surface area contributed by atoms with Gasteiger partial charge in [0.25, 0.3) is 0 Å². The lowest BCUT2D eigenvalue weighted by Crippen LogP contribution is -2.12. The van der Waals surface area contributed by atoms with E-state index in [1.54, 1.807) is 0 Å². The van der Waals surface area contributed by atoms with E-state index >= 15 is 0 Å². The normalized spacial score (nSPS) is 12.9. The van der Waals surface area contributed by atoms with Gasteiger partial charge in [-0.05, 0) is 0 Å². The van der Waals surface area contributed by atoms with Gasteiger partial charge >= 0.3 is 5.97 Å². The molecule has 0 amide bonds. The molecule has 0 saturated carbocycles. The van der Waals surface area contributed by atoms with E-state index < -0.39 is 5.97 Å². The van der Waals surface area contributed by atoms with Gasteiger partial charge in [-0.1, -0.05) is 0 Å². The van der Waals surface area contributed by atoms with E-state index in [4.69, 9.17) is 10.8 Å². The van der Waals surface area contributed by atoms with Crippen LogP contribution >= 0.6 is 0 Å². The topological polar surface area (TPSA) is 84.9 Å². The molecule has 0 aromatic heterocycles. The van der Waals surface area contributed by atoms with Gasteiger partial charge in [-0.2, -0.15) is 0 Å². The number of carbonyl (C=O) groups is 1. The summed E-state index contributed by atoms with van der Waals surface area (Å²) in [5.74, 6) is -1.31. The summed E-state index contributed by atoms with van der Waals surface area (Å²) in [4.78, 5) is 13.9. The van der Waals surface area contributed by atoms with Crippen LogP contribution in [0.2, 0.25) is 0 Å². The maximum absolute atomic E-state index is 10.4. The molecule has 0 aliphatic heterocycles.